The second-order valence-electron chi connectivity index (χ2n) is 3.76. The van der Waals surface area contributed by atoms with Crippen LogP contribution in [0.4, 0.5) is 0 Å². The van der Waals surface area contributed by atoms with Crippen LogP contribution < -0.4 is 5.73 Å². The molecule has 1 aliphatic rings. The van der Waals surface area contributed by atoms with Crippen molar-refractivity contribution in [1.82, 2.24) is 14.8 Å². The Hall–Kier alpha value is -1.63. The van der Waals surface area contributed by atoms with E-state index in [1.54, 1.807) is 11.0 Å². The predicted molar refractivity (Wildman–Crippen MR) is 56.1 cm³/mol. The van der Waals surface area contributed by atoms with Crippen LogP contribution in [0.1, 0.15) is 25.1 Å². The molecule has 0 radical (unpaired) electrons. The number of oxime groups is 1. The monoisotopic (exact) mass is 225 g/mol. The van der Waals surface area contributed by atoms with Crippen molar-refractivity contribution < 1.29 is 9.94 Å². The van der Waals surface area contributed by atoms with Crippen molar-refractivity contribution in [3.8, 4) is 0 Å². The number of rotatable bonds is 3. The smallest absolute Gasteiger partial charge is 0.219 e. The van der Waals surface area contributed by atoms with Crippen LogP contribution in [0.3, 0.4) is 0 Å². The summed E-state index contributed by atoms with van der Waals surface area (Å²) in [5.74, 6) is 0.154. The molecule has 16 heavy (non-hydrogen) atoms. The zero-order valence-electron chi connectivity index (χ0n) is 8.91. The van der Waals surface area contributed by atoms with Gasteiger partial charge >= 0.3 is 0 Å². The second kappa shape index (κ2) is 4.93. The van der Waals surface area contributed by atoms with Crippen molar-refractivity contribution in [2.75, 3.05) is 6.61 Å². The van der Waals surface area contributed by atoms with E-state index in [-0.39, 0.29) is 17.8 Å². The third kappa shape index (κ3) is 2.48. The first-order chi connectivity index (χ1) is 7.79. The Balaban J connectivity index is 1.96. The average molecular weight is 225 g/mol. The maximum absolute atomic E-state index is 8.47. The Morgan fingerprint density at radius 2 is 2.56 bits per heavy atom. The Morgan fingerprint density at radius 3 is 3.25 bits per heavy atom. The van der Waals surface area contributed by atoms with Crippen LogP contribution in [0.2, 0.25) is 0 Å². The van der Waals surface area contributed by atoms with Crippen molar-refractivity contribution in [1.29, 1.82) is 0 Å². The molecular weight excluding hydrogens is 210 g/mol. The minimum absolute atomic E-state index is 0.0803. The van der Waals surface area contributed by atoms with Crippen LogP contribution in [0.5, 0.6) is 0 Å². The van der Waals surface area contributed by atoms with E-state index in [2.05, 4.69) is 15.2 Å². The Morgan fingerprint density at radius 1 is 1.69 bits per heavy atom. The molecule has 0 spiro atoms. The fourth-order valence-corrected chi connectivity index (χ4v) is 1.70. The lowest BCUT2D eigenvalue weighted by Gasteiger charge is -2.21. The third-order valence-electron chi connectivity index (χ3n) is 2.54. The van der Waals surface area contributed by atoms with Crippen LogP contribution >= 0.6 is 0 Å². The molecule has 1 saturated heterocycles. The molecule has 0 saturated carbocycles. The Bertz CT molecular complexity index is 370. The zero-order valence-corrected chi connectivity index (χ0v) is 8.91. The molecular formula is C9H15N5O2. The molecule has 88 valence electrons. The Kier molecular flexibility index (Phi) is 3.35. The van der Waals surface area contributed by atoms with Gasteiger partial charge in [-0.2, -0.15) is 0 Å². The molecule has 1 fully saturated rings. The van der Waals surface area contributed by atoms with Crippen molar-refractivity contribution in [2.45, 2.75) is 31.9 Å². The van der Waals surface area contributed by atoms with E-state index >= 15 is 0 Å². The molecule has 0 bridgehead atoms. The van der Waals surface area contributed by atoms with Gasteiger partial charge in [0.2, 0.25) is 11.7 Å². The number of amidine groups is 1. The van der Waals surface area contributed by atoms with Gasteiger partial charge in [-0.3, -0.25) is 0 Å². The summed E-state index contributed by atoms with van der Waals surface area (Å²) >= 11 is 0. The van der Waals surface area contributed by atoms with Gasteiger partial charge in [0.25, 0.3) is 0 Å². The quantitative estimate of drug-likeness (QED) is 0.325. The summed E-state index contributed by atoms with van der Waals surface area (Å²) in [6, 6.07) is 0. The summed E-state index contributed by atoms with van der Waals surface area (Å²) in [7, 11) is 0. The lowest BCUT2D eigenvalue weighted by Crippen LogP contribution is -2.25. The molecule has 1 unspecified atom stereocenters. The minimum Gasteiger partial charge on any atom is -0.409 e. The first-order valence-corrected chi connectivity index (χ1v) is 5.28. The van der Waals surface area contributed by atoms with Crippen molar-refractivity contribution >= 4 is 5.84 Å². The fraction of sp³-hybridized carbons (Fsp3) is 0.667. The summed E-state index contributed by atoms with van der Waals surface area (Å²) in [5, 5.41) is 15.4. The standard InChI is InChI=1S/C9H15N5O2/c10-8(13-15)9-11-6-14(12-9)5-7-3-1-2-4-16-7/h6-7,15H,1-5H2,(H2,10,13). The summed E-state index contributed by atoms with van der Waals surface area (Å²) in [6.45, 7) is 1.47. The maximum atomic E-state index is 8.47. The van der Waals surface area contributed by atoms with Crippen LogP contribution in [-0.4, -0.2) is 38.5 Å². The van der Waals surface area contributed by atoms with Gasteiger partial charge in [-0.25, -0.2) is 9.67 Å². The zero-order chi connectivity index (χ0) is 11.4. The summed E-state index contributed by atoms with van der Waals surface area (Å²) in [5.41, 5.74) is 5.37. The van der Waals surface area contributed by atoms with Crippen LogP contribution in [-0.2, 0) is 11.3 Å². The molecule has 1 atom stereocenters. The molecule has 1 aromatic heterocycles. The van der Waals surface area contributed by atoms with E-state index in [9.17, 15) is 0 Å². The number of nitrogens with two attached hydrogens (primary N) is 1. The SMILES string of the molecule is NC(=NO)c1ncn(CC2CCCCO2)n1. The number of ether oxygens (including phenoxy) is 1. The molecule has 7 nitrogen and oxygen atoms in total. The van der Waals surface area contributed by atoms with Gasteiger partial charge in [0.1, 0.15) is 6.33 Å². The van der Waals surface area contributed by atoms with Gasteiger partial charge in [-0.1, -0.05) is 5.16 Å². The molecule has 0 aromatic carbocycles. The summed E-state index contributed by atoms with van der Waals surface area (Å²) in [4.78, 5) is 3.93. The highest BCUT2D eigenvalue weighted by Crippen LogP contribution is 2.13. The number of aromatic nitrogens is 3. The molecule has 1 aliphatic heterocycles. The minimum atomic E-state index is -0.0803. The van der Waals surface area contributed by atoms with Gasteiger partial charge in [0.15, 0.2) is 0 Å². The molecule has 2 heterocycles. The van der Waals surface area contributed by atoms with Gasteiger partial charge in [0, 0.05) is 6.61 Å². The van der Waals surface area contributed by atoms with Crippen LogP contribution in [0.25, 0.3) is 0 Å². The van der Waals surface area contributed by atoms with Gasteiger partial charge in [-0.15, -0.1) is 5.10 Å². The van der Waals surface area contributed by atoms with E-state index in [0.717, 1.165) is 19.4 Å². The predicted octanol–water partition coefficient (Wildman–Crippen LogP) is -0.0583. The normalized spacial score (nSPS) is 22.2. The highest BCUT2D eigenvalue weighted by Gasteiger charge is 2.15. The van der Waals surface area contributed by atoms with E-state index in [1.807, 2.05) is 0 Å². The lowest BCUT2D eigenvalue weighted by molar-refractivity contribution is 0.00393. The molecule has 1 aromatic rings. The highest BCUT2D eigenvalue weighted by atomic mass is 16.5. The van der Waals surface area contributed by atoms with E-state index < -0.39 is 0 Å². The molecule has 7 heteroatoms. The van der Waals surface area contributed by atoms with E-state index in [0.29, 0.717) is 6.54 Å². The molecule has 0 amide bonds. The van der Waals surface area contributed by atoms with E-state index in [1.165, 1.54) is 6.42 Å². The first kappa shape index (κ1) is 10.9. The van der Waals surface area contributed by atoms with E-state index in [4.69, 9.17) is 15.7 Å². The van der Waals surface area contributed by atoms with Gasteiger partial charge in [0.05, 0.1) is 12.6 Å². The Labute approximate surface area is 92.9 Å². The van der Waals surface area contributed by atoms with Crippen molar-refractivity contribution in [3.05, 3.63) is 12.2 Å². The largest absolute Gasteiger partial charge is 0.409 e. The van der Waals surface area contributed by atoms with Crippen molar-refractivity contribution in [2.24, 2.45) is 10.9 Å². The van der Waals surface area contributed by atoms with Gasteiger partial charge < -0.3 is 15.7 Å². The summed E-state index contributed by atoms with van der Waals surface area (Å²) < 4.78 is 7.23. The number of hydrogen-bond acceptors (Lipinski definition) is 5. The number of nitrogens with zero attached hydrogens (tertiary/aromatic N) is 4. The molecule has 0 aliphatic carbocycles. The first-order valence-electron chi connectivity index (χ1n) is 5.28. The molecule has 3 N–H and O–H groups in total. The topological polar surface area (TPSA) is 98.6 Å². The fourth-order valence-electron chi connectivity index (χ4n) is 1.70. The van der Waals surface area contributed by atoms with Crippen LogP contribution in [0.15, 0.2) is 11.5 Å². The van der Waals surface area contributed by atoms with Crippen molar-refractivity contribution in [3.63, 3.8) is 0 Å². The average Bonchev–Trinajstić information content (AvgIpc) is 2.78. The summed E-state index contributed by atoms with van der Waals surface area (Å²) in [6.07, 6.45) is 5.11. The number of hydrogen-bond donors (Lipinski definition) is 2. The lowest BCUT2D eigenvalue weighted by atomic mass is 10.1. The maximum Gasteiger partial charge on any atom is 0.219 e. The highest BCUT2D eigenvalue weighted by molar-refractivity contribution is 5.93. The third-order valence-corrected chi connectivity index (χ3v) is 2.54. The van der Waals surface area contributed by atoms with Gasteiger partial charge in [-0.05, 0) is 19.3 Å². The van der Waals surface area contributed by atoms with Crippen LogP contribution in [0, 0.1) is 0 Å². The second-order valence-corrected chi connectivity index (χ2v) is 3.76. The molecule has 2 rings (SSSR count).